The van der Waals surface area contributed by atoms with Crippen molar-refractivity contribution in [2.75, 3.05) is 12.3 Å². The normalized spacial score (nSPS) is 25.1. The zero-order chi connectivity index (χ0) is 11.4. The third kappa shape index (κ3) is 2.77. The van der Waals surface area contributed by atoms with E-state index in [1.165, 1.54) is 18.6 Å². The van der Waals surface area contributed by atoms with Gasteiger partial charge in [-0.05, 0) is 32.4 Å². The van der Waals surface area contributed by atoms with Gasteiger partial charge in [-0.1, -0.05) is 0 Å². The number of thioether (sulfide) groups is 1. The molecule has 2 heterocycles. The maximum Gasteiger partial charge on any atom is 0.140 e. The Labute approximate surface area is 101 Å². The summed E-state index contributed by atoms with van der Waals surface area (Å²) < 4.78 is 2.37. The summed E-state index contributed by atoms with van der Waals surface area (Å²) in [5.74, 6) is 2.35. The van der Waals surface area contributed by atoms with Gasteiger partial charge in [0, 0.05) is 17.8 Å². The number of aryl methyl sites for hydroxylation is 1. The first kappa shape index (κ1) is 11.9. The van der Waals surface area contributed by atoms with Gasteiger partial charge in [0.05, 0.1) is 6.54 Å². The highest BCUT2D eigenvalue weighted by molar-refractivity contribution is 8.00. The molecule has 2 rings (SSSR count). The lowest BCUT2D eigenvalue weighted by molar-refractivity contribution is 0.512. The number of aromatic nitrogens is 3. The second kappa shape index (κ2) is 5.19. The number of nitrogens with zero attached hydrogens (tertiary/aromatic N) is 3. The predicted molar refractivity (Wildman–Crippen MR) is 67.5 cm³/mol. The van der Waals surface area contributed by atoms with E-state index in [0.29, 0.717) is 4.75 Å². The largest absolute Gasteiger partial charge is 0.308 e. The first-order valence-corrected chi connectivity index (χ1v) is 6.93. The first-order valence-electron chi connectivity index (χ1n) is 5.95. The Morgan fingerprint density at radius 3 is 3.19 bits per heavy atom. The summed E-state index contributed by atoms with van der Waals surface area (Å²) in [6.07, 6.45) is 4.31. The van der Waals surface area contributed by atoms with Crippen molar-refractivity contribution in [3.63, 3.8) is 0 Å². The number of rotatable bonds is 5. The molecule has 0 spiro atoms. The maximum atomic E-state index is 4.26. The van der Waals surface area contributed by atoms with Crippen molar-refractivity contribution in [1.82, 2.24) is 20.1 Å². The molecule has 1 aromatic rings. The Balaban J connectivity index is 1.79. The number of hydrogen-bond donors (Lipinski definition) is 1. The fourth-order valence-corrected chi connectivity index (χ4v) is 3.38. The molecule has 0 bridgehead atoms. The van der Waals surface area contributed by atoms with Crippen LogP contribution in [0.3, 0.4) is 0 Å². The van der Waals surface area contributed by atoms with Crippen molar-refractivity contribution < 1.29 is 0 Å². The molecule has 1 aromatic heterocycles. The van der Waals surface area contributed by atoms with Crippen LogP contribution in [-0.4, -0.2) is 31.8 Å². The summed E-state index contributed by atoms with van der Waals surface area (Å²) >= 11 is 2.09. The zero-order valence-corrected chi connectivity index (χ0v) is 10.9. The molecule has 0 radical (unpaired) electrons. The smallest absolute Gasteiger partial charge is 0.140 e. The summed E-state index contributed by atoms with van der Waals surface area (Å²) in [6, 6.07) is 0. The van der Waals surface area contributed by atoms with Crippen LogP contribution in [0.15, 0.2) is 6.33 Å². The fraction of sp³-hybridized carbons (Fsp3) is 0.818. The van der Waals surface area contributed by atoms with E-state index < -0.39 is 0 Å². The minimum Gasteiger partial charge on any atom is -0.308 e. The van der Waals surface area contributed by atoms with Crippen LogP contribution in [0.4, 0.5) is 0 Å². The van der Waals surface area contributed by atoms with E-state index in [2.05, 4.69) is 41.0 Å². The molecule has 1 fully saturated rings. The quantitative estimate of drug-likeness (QED) is 0.850. The van der Waals surface area contributed by atoms with Crippen molar-refractivity contribution in [3.8, 4) is 0 Å². The lowest BCUT2D eigenvalue weighted by Crippen LogP contribution is -2.33. The predicted octanol–water partition coefficient (Wildman–Crippen LogP) is 1.67. The molecule has 1 saturated heterocycles. The minimum atomic E-state index is 0.428. The van der Waals surface area contributed by atoms with E-state index in [4.69, 9.17) is 0 Å². The average molecular weight is 240 g/mol. The van der Waals surface area contributed by atoms with Crippen LogP contribution in [0.25, 0.3) is 0 Å². The molecule has 1 aliphatic heterocycles. The molecule has 0 aliphatic carbocycles. The molecule has 1 atom stereocenters. The molecule has 1 unspecified atom stereocenters. The second-order valence-corrected chi connectivity index (χ2v) is 6.18. The average Bonchev–Trinajstić information content (AvgIpc) is 2.88. The van der Waals surface area contributed by atoms with Gasteiger partial charge in [0.15, 0.2) is 0 Å². The van der Waals surface area contributed by atoms with Gasteiger partial charge in [0.2, 0.25) is 0 Å². The van der Waals surface area contributed by atoms with Gasteiger partial charge in [-0.3, -0.25) is 0 Å². The molecule has 0 aromatic carbocycles. The van der Waals surface area contributed by atoms with Crippen LogP contribution in [0.5, 0.6) is 0 Å². The van der Waals surface area contributed by atoms with E-state index in [-0.39, 0.29) is 0 Å². The van der Waals surface area contributed by atoms with Crippen molar-refractivity contribution in [2.24, 2.45) is 0 Å². The van der Waals surface area contributed by atoms with Gasteiger partial charge in [-0.15, -0.1) is 0 Å². The second-order valence-electron chi connectivity index (χ2n) is 4.50. The highest BCUT2D eigenvalue weighted by atomic mass is 32.2. The Morgan fingerprint density at radius 2 is 2.50 bits per heavy atom. The van der Waals surface area contributed by atoms with E-state index in [1.54, 1.807) is 6.33 Å². The van der Waals surface area contributed by atoms with E-state index in [1.807, 2.05) is 4.68 Å². The van der Waals surface area contributed by atoms with E-state index >= 15 is 0 Å². The standard InChI is InChI=1S/C11H20N4S/c1-3-15-10(13-9-14-15)7-12-8-11(2)5-4-6-16-11/h9,12H,3-8H2,1-2H3. The highest BCUT2D eigenvalue weighted by Gasteiger charge is 2.28. The summed E-state index contributed by atoms with van der Waals surface area (Å²) in [7, 11) is 0. The number of nitrogens with one attached hydrogen (secondary N) is 1. The van der Waals surface area contributed by atoms with Crippen molar-refractivity contribution in [1.29, 1.82) is 0 Å². The first-order chi connectivity index (χ1) is 7.73. The van der Waals surface area contributed by atoms with Crippen molar-refractivity contribution in [3.05, 3.63) is 12.2 Å². The summed E-state index contributed by atoms with van der Waals surface area (Å²) in [5.41, 5.74) is 0. The van der Waals surface area contributed by atoms with Crippen LogP contribution in [0.2, 0.25) is 0 Å². The highest BCUT2D eigenvalue weighted by Crippen LogP contribution is 2.36. The number of hydrogen-bond acceptors (Lipinski definition) is 4. The van der Waals surface area contributed by atoms with Crippen LogP contribution in [0, 0.1) is 0 Å². The molecule has 16 heavy (non-hydrogen) atoms. The van der Waals surface area contributed by atoms with Gasteiger partial charge in [0.25, 0.3) is 0 Å². The Morgan fingerprint density at radius 1 is 1.62 bits per heavy atom. The van der Waals surface area contributed by atoms with Crippen molar-refractivity contribution >= 4 is 11.8 Å². The molecule has 1 aliphatic rings. The van der Waals surface area contributed by atoms with Gasteiger partial charge in [-0.2, -0.15) is 16.9 Å². The minimum absolute atomic E-state index is 0.428. The molecule has 4 nitrogen and oxygen atoms in total. The summed E-state index contributed by atoms with van der Waals surface area (Å²) in [4.78, 5) is 4.26. The van der Waals surface area contributed by atoms with Crippen LogP contribution >= 0.6 is 11.8 Å². The molecular weight excluding hydrogens is 220 g/mol. The summed E-state index contributed by atoms with van der Waals surface area (Å²) in [5, 5.41) is 7.66. The molecule has 90 valence electrons. The van der Waals surface area contributed by atoms with E-state index in [9.17, 15) is 0 Å². The summed E-state index contributed by atoms with van der Waals surface area (Å²) in [6.45, 7) is 7.22. The zero-order valence-electron chi connectivity index (χ0n) is 10.1. The molecule has 0 amide bonds. The third-order valence-electron chi connectivity index (χ3n) is 3.08. The van der Waals surface area contributed by atoms with Gasteiger partial charge in [0.1, 0.15) is 12.2 Å². The molecular formula is C11H20N4S. The monoisotopic (exact) mass is 240 g/mol. The van der Waals surface area contributed by atoms with Gasteiger partial charge >= 0.3 is 0 Å². The van der Waals surface area contributed by atoms with Crippen LogP contribution < -0.4 is 5.32 Å². The topological polar surface area (TPSA) is 42.7 Å². The maximum absolute atomic E-state index is 4.26. The lowest BCUT2D eigenvalue weighted by atomic mass is 10.1. The van der Waals surface area contributed by atoms with Crippen LogP contribution in [0.1, 0.15) is 32.5 Å². The third-order valence-corrected chi connectivity index (χ3v) is 4.62. The van der Waals surface area contributed by atoms with Gasteiger partial charge in [-0.25, -0.2) is 9.67 Å². The molecule has 1 N–H and O–H groups in total. The Hall–Kier alpha value is -0.550. The van der Waals surface area contributed by atoms with Crippen LogP contribution in [-0.2, 0) is 13.1 Å². The van der Waals surface area contributed by atoms with E-state index in [0.717, 1.165) is 25.5 Å². The molecule has 5 heteroatoms. The fourth-order valence-electron chi connectivity index (χ4n) is 2.10. The van der Waals surface area contributed by atoms with Crippen molar-refractivity contribution in [2.45, 2.75) is 44.5 Å². The Kier molecular flexibility index (Phi) is 3.86. The Bertz CT molecular complexity index is 330. The van der Waals surface area contributed by atoms with Gasteiger partial charge < -0.3 is 5.32 Å². The molecule has 0 saturated carbocycles. The SMILES string of the molecule is CCn1ncnc1CNCC1(C)CCCS1. The lowest BCUT2D eigenvalue weighted by Gasteiger charge is -2.22.